The topological polar surface area (TPSA) is 209 Å². The fourth-order valence-corrected chi connectivity index (χ4v) is 7.52. The number of amides is 2. The molecule has 4 heterocycles. The average Bonchev–Trinajstić information content (AvgIpc) is 3.52. The molecule has 2 aromatic heterocycles. The number of aryl methyl sites for hydroxylation is 1. The van der Waals surface area contributed by atoms with Crippen LogP contribution in [0.3, 0.4) is 0 Å². The number of nitrogens with two attached hydrogens (primary N) is 1. The second-order valence-electron chi connectivity index (χ2n) is 8.72. The Morgan fingerprint density at radius 2 is 2.00 bits per heavy atom. The highest BCUT2D eigenvalue weighted by atomic mass is 35.5. The Morgan fingerprint density at radius 3 is 2.60 bits per heavy atom. The van der Waals surface area contributed by atoms with Crippen LogP contribution in [-0.2, 0) is 28.6 Å². The Hall–Kier alpha value is -3.13. The molecule has 0 radical (unpaired) electrons. The van der Waals surface area contributed by atoms with E-state index >= 15 is 0 Å². The molecule has 20 heteroatoms. The summed E-state index contributed by atoms with van der Waals surface area (Å²) in [6.07, 6.45) is -2.76. The minimum absolute atomic E-state index is 0. The first-order valence-electron chi connectivity index (χ1n) is 11.9. The first-order valence-corrected chi connectivity index (χ1v) is 15.6. The van der Waals surface area contributed by atoms with Crippen LogP contribution in [0, 0.1) is 6.92 Å². The van der Waals surface area contributed by atoms with Crippen LogP contribution < -0.4 is 11.1 Å². The van der Waals surface area contributed by atoms with Crippen molar-refractivity contribution >= 4 is 93.4 Å². The third-order valence-corrected chi connectivity index (χ3v) is 9.42. The lowest BCUT2D eigenvalue weighted by atomic mass is 10.0. The lowest BCUT2D eigenvalue weighted by Gasteiger charge is -2.49. The lowest BCUT2D eigenvalue weighted by Crippen LogP contribution is -2.71. The number of aromatic nitrogens is 3. The van der Waals surface area contributed by atoms with Crippen molar-refractivity contribution in [1.82, 2.24) is 25.4 Å². The molecular formula is C22H26ClN7O8S4. The van der Waals surface area contributed by atoms with Crippen molar-refractivity contribution in [3.8, 4) is 0 Å². The number of fused-ring (bicyclic) bond motifs is 1. The number of thioether (sulfide) groups is 2. The van der Waals surface area contributed by atoms with Crippen molar-refractivity contribution in [2.24, 2.45) is 5.16 Å². The zero-order valence-electron chi connectivity index (χ0n) is 22.5. The molecule has 0 saturated carbocycles. The molecule has 2 aliphatic rings. The van der Waals surface area contributed by atoms with Crippen molar-refractivity contribution in [3.05, 3.63) is 27.4 Å². The third kappa shape index (κ3) is 7.63. The number of oxime groups is 1. The maximum Gasteiger partial charge on any atom is 0.511 e. The van der Waals surface area contributed by atoms with Gasteiger partial charge in [0.25, 0.3) is 11.8 Å². The van der Waals surface area contributed by atoms with Gasteiger partial charge in [-0.25, -0.2) is 14.6 Å². The smallest absolute Gasteiger partial charge is 0.431 e. The van der Waals surface area contributed by atoms with Crippen molar-refractivity contribution in [1.29, 1.82) is 0 Å². The molecule has 228 valence electrons. The van der Waals surface area contributed by atoms with Gasteiger partial charge in [-0.15, -0.1) is 45.7 Å². The van der Waals surface area contributed by atoms with Crippen LogP contribution in [0.5, 0.6) is 0 Å². The fraction of sp³-hybridized carbons (Fsp3) is 0.455. The number of nitrogen functional groups attached to an aromatic ring is 1. The highest BCUT2D eigenvalue weighted by Gasteiger charge is 2.55. The quantitative estimate of drug-likeness (QED) is 0.0627. The maximum atomic E-state index is 13.3. The standard InChI is InChI=1S/C22H25N7O8S4.ClH/c1-8(2)35-22(33)37-10(4)36-19(32)15-11(6-40-21-27-26-9(3)41-21)5-38-18-14(17(31)29(15)18)25-16(30)13(28-34)12-7-39-20(23)24-12;/h7-8,10,14,18,34H,5-6H2,1-4H3,(H2,23,24)(H,25,30);1H/b28-13-;/t10?,14-,18+;/m1./s1. The van der Waals surface area contributed by atoms with E-state index in [1.807, 2.05) is 6.92 Å². The summed E-state index contributed by atoms with van der Waals surface area (Å²) in [5.41, 5.74) is 5.80. The number of esters is 1. The van der Waals surface area contributed by atoms with Gasteiger partial charge in [-0.3, -0.25) is 14.5 Å². The van der Waals surface area contributed by atoms with E-state index in [0.29, 0.717) is 21.4 Å². The second-order valence-corrected chi connectivity index (χ2v) is 13.1. The summed E-state index contributed by atoms with van der Waals surface area (Å²) in [6.45, 7) is 6.44. The maximum absolute atomic E-state index is 13.3. The molecule has 2 aliphatic heterocycles. The van der Waals surface area contributed by atoms with E-state index in [9.17, 15) is 24.4 Å². The highest BCUT2D eigenvalue weighted by Crippen LogP contribution is 2.42. The van der Waals surface area contributed by atoms with Gasteiger partial charge in [-0.05, 0) is 26.3 Å². The number of halogens is 1. The number of hydrogen-bond acceptors (Lipinski definition) is 17. The van der Waals surface area contributed by atoms with Crippen LogP contribution in [0.25, 0.3) is 0 Å². The van der Waals surface area contributed by atoms with Gasteiger partial charge >= 0.3 is 12.1 Å². The Balaban J connectivity index is 0.00000484. The van der Waals surface area contributed by atoms with Gasteiger partial charge in [-0.2, -0.15) is 0 Å². The molecule has 1 fully saturated rings. The number of thiazole rings is 1. The molecule has 2 amide bonds. The Morgan fingerprint density at radius 1 is 1.26 bits per heavy atom. The molecule has 1 unspecified atom stereocenters. The predicted molar refractivity (Wildman–Crippen MR) is 158 cm³/mol. The number of carbonyl (C=O) groups is 4. The number of β-lactam (4-membered cyclic amide) rings is 1. The number of rotatable bonds is 10. The summed E-state index contributed by atoms with van der Waals surface area (Å²) in [4.78, 5) is 56.5. The number of hydrogen-bond donors (Lipinski definition) is 3. The van der Waals surface area contributed by atoms with E-state index in [1.54, 1.807) is 13.8 Å². The molecule has 42 heavy (non-hydrogen) atoms. The third-order valence-electron chi connectivity index (χ3n) is 5.35. The van der Waals surface area contributed by atoms with Crippen LogP contribution in [-0.4, -0.2) is 90.3 Å². The molecule has 4 rings (SSSR count). The molecule has 1 saturated heterocycles. The number of nitrogens with one attached hydrogen (secondary N) is 1. The SMILES string of the molecule is Cc1nnc(SCC2=C(C(=O)OC(C)OC(=O)OC(C)C)N3C(=O)[C@@H](NC(=O)/C(=N\O)c4csc(N)n4)[C@@H]3SC2)s1.Cl. The Kier molecular flexibility index (Phi) is 11.4. The number of ether oxygens (including phenoxy) is 3. The molecule has 0 bridgehead atoms. The number of carbonyl (C=O) groups excluding carboxylic acids is 4. The average molecular weight is 680 g/mol. The first-order chi connectivity index (χ1) is 19.5. The van der Waals surface area contributed by atoms with Gasteiger partial charge in [0.15, 0.2) is 15.2 Å². The second kappa shape index (κ2) is 14.4. The molecule has 15 nitrogen and oxygen atoms in total. The van der Waals surface area contributed by atoms with Crippen LogP contribution in [0.2, 0.25) is 0 Å². The Labute approximate surface area is 262 Å². The van der Waals surface area contributed by atoms with Gasteiger partial charge in [0, 0.05) is 23.8 Å². The summed E-state index contributed by atoms with van der Waals surface area (Å²) < 4.78 is 15.9. The zero-order chi connectivity index (χ0) is 29.8. The summed E-state index contributed by atoms with van der Waals surface area (Å²) >= 11 is 5.11. The van der Waals surface area contributed by atoms with Crippen LogP contribution >= 0.6 is 58.6 Å². The van der Waals surface area contributed by atoms with Gasteiger partial charge in [0.1, 0.15) is 27.8 Å². The van der Waals surface area contributed by atoms with Gasteiger partial charge in [-0.1, -0.05) is 28.3 Å². The van der Waals surface area contributed by atoms with E-state index in [2.05, 4.69) is 25.7 Å². The number of nitrogens with zero attached hydrogens (tertiary/aromatic N) is 5. The van der Waals surface area contributed by atoms with Gasteiger partial charge in [0.05, 0.1) is 6.10 Å². The van der Waals surface area contributed by atoms with E-state index in [1.165, 1.54) is 52.1 Å². The van der Waals surface area contributed by atoms with E-state index in [4.69, 9.17) is 19.9 Å². The summed E-state index contributed by atoms with van der Waals surface area (Å²) in [5, 5.41) is 24.7. The highest BCUT2D eigenvalue weighted by molar-refractivity contribution is 8.01. The van der Waals surface area contributed by atoms with E-state index < -0.39 is 53.5 Å². The first kappa shape index (κ1) is 33.4. The van der Waals surface area contributed by atoms with Crippen LogP contribution in [0.15, 0.2) is 26.1 Å². The van der Waals surface area contributed by atoms with Crippen molar-refractivity contribution in [3.63, 3.8) is 0 Å². The molecule has 0 spiro atoms. The molecule has 0 aliphatic carbocycles. The van der Waals surface area contributed by atoms with E-state index in [-0.39, 0.29) is 28.9 Å². The lowest BCUT2D eigenvalue weighted by molar-refractivity contribution is -0.169. The molecule has 0 aromatic carbocycles. The minimum Gasteiger partial charge on any atom is -0.431 e. The minimum atomic E-state index is -1.31. The normalized spacial score (nSPS) is 18.9. The molecular weight excluding hydrogens is 654 g/mol. The molecule has 4 N–H and O–H groups in total. The Bertz CT molecular complexity index is 1410. The summed E-state index contributed by atoms with van der Waals surface area (Å²) in [6, 6.07) is -1.03. The zero-order valence-corrected chi connectivity index (χ0v) is 26.5. The summed E-state index contributed by atoms with van der Waals surface area (Å²) in [5.74, 6) is -1.69. The van der Waals surface area contributed by atoms with Crippen molar-refractivity contribution in [2.45, 2.75) is 55.8 Å². The molecule has 2 aromatic rings. The fourth-order valence-electron chi connectivity index (χ4n) is 3.67. The van der Waals surface area contributed by atoms with E-state index in [0.717, 1.165) is 16.3 Å². The largest absolute Gasteiger partial charge is 0.511 e. The van der Waals surface area contributed by atoms with Gasteiger partial charge < -0.3 is 30.5 Å². The van der Waals surface area contributed by atoms with Crippen LogP contribution in [0.4, 0.5) is 9.93 Å². The summed E-state index contributed by atoms with van der Waals surface area (Å²) in [7, 11) is 0. The van der Waals surface area contributed by atoms with Gasteiger partial charge in [0.2, 0.25) is 6.29 Å². The predicted octanol–water partition coefficient (Wildman–Crippen LogP) is 2.38. The van der Waals surface area contributed by atoms with Crippen molar-refractivity contribution in [2.75, 3.05) is 17.2 Å². The van der Waals surface area contributed by atoms with Crippen LogP contribution in [0.1, 0.15) is 31.5 Å². The van der Waals surface area contributed by atoms with Crippen molar-refractivity contribution < 1.29 is 38.6 Å². The monoisotopic (exact) mass is 679 g/mol. The molecule has 3 atom stereocenters. The number of anilines is 1.